The number of fused-ring (bicyclic) bond motifs is 3. The molecule has 0 fully saturated rings. The molecular weight excluding hydrogens is 380 g/mol. The minimum absolute atomic E-state index is 0.427. The Morgan fingerprint density at radius 2 is 2.00 bits per heavy atom. The van der Waals surface area contributed by atoms with E-state index in [-0.39, 0.29) is 0 Å². The summed E-state index contributed by atoms with van der Waals surface area (Å²) in [4.78, 5) is 30.5. The SMILES string of the molecule is COC(=O)c1ccc(Cl)c2nc3n(c12)CCCN3c1ccc(C(N)=O)cc1C. The van der Waals surface area contributed by atoms with E-state index in [1.54, 1.807) is 24.3 Å². The highest BCUT2D eigenvalue weighted by atomic mass is 35.5. The van der Waals surface area contributed by atoms with Crippen molar-refractivity contribution < 1.29 is 14.3 Å². The number of halogens is 1. The van der Waals surface area contributed by atoms with Gasteiger partial charge < -0.3 is 19.9 Å². The molecule has 0 saturated carbocycles. The van der Waals surface area contributed by atoms with Gasteiger partial charge in [0, 0.05) is 24.3 Å². The largest absolute Gasteiger partial charge is 0.465 e. The van der Waals surface area contributed by atoms with E-state index in [0.29, 0.717) is 39.7 Å². The zero-order valence-corrected chi connectivity index (χ0v) is 16.3. The maximum Gasteiger partial charge on any atom is 0.340 e. The first-order valence-electron chi connectivity index (χ1n) is 8.87. The molecule has 1 aliphatic heterocycles. The Labute approximate surface area is 166 Å². The number of hydrogen-bond donors (Lipinski definition) is 1. The van der Waals surface area contributed by atoms with Crippen LogP contribution in [0.4, 0.5) is 11.6 Å². The van der Waals surface area contributed by atoms with Crippen molar-refractivity contribution in [3.8, 4) is 0 Å². The number of ether oxygens (including phenoxy) is 1. The fourth-order valence-corrected chi connectivity index (χ4v) is 3.91. The number of benzene rings is 2. The molecule has 2 aromatic carbocycles. The minimum atomic E-state index is -0.463. The van der Waals surface area contributed by atoms with Crippen LogP contribution < -0.4 is 10.6 Å². The average molecular weight is 399 g/mol. The second-order valence-corrected chi connectivity index (χ2v) is 7.13. The maximum absolute atomic E-state index is 12.3. The number of rotatable bonds is 3. The zero-order chi connectivity index (χ0) is 20.0. The first-order chi connectivity index (χ1) is 13.4. The van der Waals surface area contributed by atoms with E-state index >= 15 is 0 Å². The molecule has 0 radical (unpaired) electrons. The van der Waals surface area contributed by atoms with Gasteiger partial charge in [0.25, 0.3) is 0 Å². The van der Waals surface area contributed by atoms with Crippen molar-refractivity contribution in [2.24, 2.45) is 5.73 Å². The molecule has 2 heterocycles. The molecule has 1 aromatic heterocycles. The van der Waals surface area contributed by atoms with Gasteiger partial charge in [-0.3, -0.25) is 4.79 Å². The highest BCUT2D eigenvalue weighted by molar-refractivity contribution is 6.35. The lowest BCUT2D eigenvalue weighted by Gasteiger charge is -2.30. The van der Waals surface area contributed by atoms with Crippen LogP contribution in [0, 0.1) is 6.92 Å². The van der Waals surface area contributed by atoms with Crippen LogP contribution in [0.15, 0.2) is 30.3 Å². The van der Waals surface area contributed by atoms with Crippen molar-refractivity contribution in [2.45, 2.75) is 19.9 Å². The summed E-state index contributed by atoms with van der Waals surface area (Å²) in [6.07, 6.45) is 0.864. The van der Waals surface area contributed by atoms with Gasteiger partial charge in [-0.15, -0.1) is 0 Å². The maximum atomic E-state index is 12.3. The van der Waals surface area contributed by atoms with E-state index < -0.39 is 11.9 Å². The molecule has 0 aliphatic carbocycles. The molecule has 3 aromatic rings. The molecule has 1 amide bonds. The van der Waals surface area contributed by atoms with Gasteiger partial charge >= 0.3 is 5.97 Å². The number of imidazole rings is 1. The summed E-state index contributed by atoms with van der Waals surface area (Å²) in [6, 6.07) is 8.67. The number of nitrogens with two attached hydrogens (primary N) is 1. The first kappa shape index (κ1) is 18.3. The number of amides is 1. The highest BCUT2D eigenvalue weighted by Crippen LogP contribution is 2.37. The summed E-state index contributed by atoms with van der Waals surface area (Å²) < 4.78 is 6.93. The topological polar surface area (TPSA) is 90.4 Å². The molecular formula is C20H19ClN4O3. The summed E-state index contributed by atoms with van der Waals surface area (Å²) in [5.41, 5.74) is 9.36. The first-order valence-corrected chi connectivity index (χ1v) is 9.25. The quantitative estimate of drug-likeness (QED) is 0.682. The number of methoxy groups -OCH3 is 1. The Hall–Kier alpha value is -3.06. The number of aryl methyl sites for hydroxylation is 2. The van der Waals surface area contributed by atoms with Crippen molar-refractivity contribution in [1.29, 1.82) is 0 Å². The third kappa shape index (κ3) is 2.79. The predicted molar refractivity (Wildman–Crippen MR) is 107 cm³/mol. The normalized spacial score (nSPS) is 13.5. The Bertz CT molecular complexity index is 1120. The van der Waals surface area contributed by atoms with Gasteiger partial charge in [-0.1, -0.05) is 11.6 Å². The molecule has 7 nitrogen and oxygen atoms in total. The molecule has 144 valence electrons. The van der Waals surface area contributed by atoms with E-state index in [0.717, 1.165) is 24.2 Å². The fraction of sp³-hybridized carbons (Fsp3) is 0.250. The predicted octanol–water partition coefficient (Wildman–Crippen LogP) is 3.43. The molecule has 0 unspecified atom stereocenters. The number of hydrogen-bond acceptors (Lipinski definition) is 5. The second-order valence-electron chi connectivity index (χ2n) is 6.72. The molecule has 0 saturated heterocycles. The fourth-order valence-electron chi connectivity index (χ4n) is 3.71. The molecule has 8 heteroatoms. The van der Waals surface area contributed by atoms with Gasteiger partial charge in [0.15, 0.2) is 0 Å². The standard InChI is InChI=1S/C20H19ClN4O3/c1-11-10-12(18(22)26)4-7-15(11)24-8-3-9-25-17-13(19(27)28-2)5-6-14(21)16(17)23-20(24)25/h4-7,10H,3,8-9H2,1-2H3,(H2,22,26). The van der Waals surface area contributed by atoms with Gasteiger partial charge in [0.2, 0.25) is 11.9 Å². The van der Waals surface area contributed by atoms with E-state index in [1.165, 1.54) is 7.11 Å². The van der Waals surface area contributed by atoms with Crippen molar-refractivity contribution >= 4 is 46.1 Å². The zero-order valence-electron chi connectivity index (χ0n) is 15.5. The van der Waals surface area contributed by atoms with Crippen LogP contribution in [-0.2, 0) is 11.3 Å². The van der Waals surface area contributed by atoms with E-state index in [9.17, 15) is 9.59 Å². The van der Waals surface area contributed by atoms with Crippen LogP contribution in [0.3, 0.4) is 0 Å². The number of nitrogens with zero attached hydrogens (tertiary/aromatic N) is 3. The van der Waals surface area contributed by atoms with Crippen LogP contribution in [0.25, 0.3) is 11.0 Å². The number of esters is 1. The number of aromatic nitrogens is 2. The Balaban J connectivity index is 1.91. The van der Waals surface area contributed by atoms with E-state index in [4.69, 9.17) is 27.1 Å². The van der Waals surface area contributed by atoms with E-state index in [1.807, 2.05) is 17.6 Å². The summed E-state index contributed by atoms with van der Waals surface area (Å²) in [5.74, 6) is -0.187. The van der Waals surface area contributed by atoms with Crippen molar-refractivity contribution in [3.05, 3.63) is 52.0 Å². The lowest BCUT2D eigenvalue weighted by atomic mass is 10.1. The van der Waals surface area contributed by atoms with Crippen molar-refractivity contribution in [3.63, 3.8) is 0 Å². The third-order valence-electron chi connectivity index (χ3n) is 5.01. The monoisotopic (exact) mass is 398 g/mol. The van der Waals surface area contributed by atoms with Crippen LogP contribution in [0.5, 0.6) is 0 Å². The van der Waals surface area contributed by atoms with Crippen LogP contribution in [-0.4, -0.2) is 35.1 Å². The van der Waals surface area contributed by atoms with Gasteiger partial charge in [-0.25, -0.2) is 9.78 Å². The molecule has 1 aliphatic rings. The highest BCUT2D eigenvalue weighted by Gasteiger charge is 2.27. The third-order valence-corrected chi connectivity index (χ3v) is 5.31. The average Bonchev–Trinajstić information content (AvgIpc) is 3.08. The van der Waals surface area contributed by atoms with Crippen LogP contribution in [0.1, 0.15) is 32.7 Å². The molecule has 0 spiro atoms. The van der Waals surface area contributed by atoms with Crippen molar-refractivity contribution in [2.75, 3.05) is 18.6 Å². The van der Waals surface area contributed by atoms with Crippen molar-refractivity contribution in [1.82, 2.24) is 9.55 Å². The smallest absolute Gasteiger partial charge is 0.340 e. The number of carbonyl (C=O) groups excluding carboxylic acids is 2. The lowest BCUT2D eigenvalue weighted by Crippen LogP contribution is -2.29. The Kier molecular flexibility index (Phi) is 4.47. The molecule has 0 bridgehead atoms. The Morgan fingerprint density at radius 3 is 2.68 bits per heavy atom. The van der Waals surface area contributed by atoms with Gasteiger partial charge in [0.1, 0.15) is 5.52 Å². The molecule has 2 N–H and O–H groups in total. The van der Waals surface area contributed by atoms with E-state index in [2.05, 4.69) is 4.90 Å². The summed E-state index contributed by atoms with van der Waals surface area (Å²) in [6.45, 7) is 3.40. The van der Waals surface area contributed by atoms with Crippen LogP contribution in [0.2, 0.25) is 5.02 Å². The summed E-state index contributed by atoms with van der Waals surface area (Å²) in [7, 11) is 1.35. The molecule has 4 rings (SSSR count). The minimum Gasteiger partial charge on any atom is -0.465 e. The summed E-state index contributed by atoms with van der Waals surface area (Å²) in [5, 5.41) is 0.477. The number of primary amides is 1. The Morgan fingerprint density at radius 1 is 1.21 bits per heavy atom. The second kappa shape index (κ2) is 6.83. The number of anilines is 2. The van der Waals surface area contributed by atoms with Gasteiger partial charge in [0.05, 0.1) is 23.2 Å². The molecule has 28 heavy (non-hydrogen) atoms. The summed E-state index contributed by atoms with van der Waals surface area (Å²) >= 11 is 6.38. The van der Waals surface area contributed by atoms with Crippen LogP contribution >= 0.6 is 11.6 Å². The lowest BCUT2D eigenvalue weighted by molar-refractivity contribution is 0.0602. The molecule has 0 atom stereocenters. The van der Waals surface area contributed by atoms with Gasteiger partial charge in [-0.2, -0.15) is 0 Å². The number of carbonyl (C=O) groups is 2. The van der Waals surface area contributed by atoms with Gasteiger partial charge in [-0.05, 0) is 49.2 Å².